The van der Waals surface area contributed by atoms with Crippen LogP contribution in [0.25, 0.3) is 10.9 Å². The zero-order valence-corrected chi connectivity index (χ0v) is 21.5. The van der Waals surface area contributed by atoms with Gasteiger partial charge in [-0.2, -0.15) is 0 Å². The predicted molar refractivity (Wildman–Crippen MR) is 143 cm³/mol. The Morgan fingerprint density at radius 3 is 2.17 bits per heavy atom. The molecule has 13 N–H and O–H groups in total. The Bertz CT molecular complexity index is 1240. The summed E-state index contributed by atoms with van der Waals surface area (Å²) in [6.07, 6.45) is 1.26. The summed E-state index contributed by atoms with van der Waals surface area (Å²) in [7, 11) is 0. The van der Waals surface area contributed by atoms with E-state index in [0.717, 1.165) is 10.9 Å². The lowest BCUT2D eigenvalue weighted by Crippen LogP contribution is -2.58. The van der Waals surface area contributed by atoms with Gasteiger partial charge in [0.05, 0.1) is 19.1 Å². The minimum Gasteiger partial charge on any atom is -0.481 e. The minimum atomic E-state index is -1.72. The number of H-pyrrole nitrogens is 1. The first kappa shape index (κ1) is 31.5. The number of guanidine groups is 1. The number of aromatic amines is 1. The third-order valence-corrected chi connectivity index (χ3v) is 5.85. The Hall–Kier alpha value is -4.70. The first-order valence-corrected chi connectivity index (χ1v) is 12.3. The van der Waals surface area contributed by atoms with Gasteiger partial charge < -0.3 is 53.5 Å². The number of carbonyl (C=O) groups excluding carboxylic acids is 3. The van der Waals surface area contributed by atoms with Crippen molar-refractivity contribution in [2.75, 3.05) is 13.2 Å². The van der Waals surface area contributed by atoms with Crippen LogP contribution in [0.5, 0.6) is 0 Å². The maximum Gasteiger partial charge on any atom is 0.328 e. The second-order valence-electron chi connectivity index (χ2n) is 8.92. The number of fused-ring (bicyclic) bond motifs is 1. The van der Waals surface area contributed by atoms with Crippen LogP contribution in [0, 0.1) is 0 Å². The van der Waals surface area contributed by atoms with Crippen LogP contribution in [-0.4, -0.2) is 93.2 Å². The van der Waals surface area contributed by atoms with Crippen LogP contribution in [-0.2, 0) is 30.4 Å². The molecular formula is C24H34N8O8. The largest absolute Gasteiger partial charge is 0.481 e. The molecule has 1 heterocycles. The number of carboxylic acid groups (broad SMARTS) is 2. The van der Waals surface area contributed by atoms with Gasteiger partial charge in [-0.25, -0.2) is 4.79 Å². The maximum absolute atomic E-state index is 13.3. The van der Waals surface area contributed by atoms with Gasteiger partial charge in [0.1, 0.15) is 18.1 Å². The van der Waals surface area contributed by atoms with Crippen LogP contribution in [0.4, 0.5) is 0 Å². The van der Waals surface area contributed by atoms with E-state index in [9.17, 15) is 34.2 Å². The van der Waals surface area contributed by atoms with Crippen LogP contribution in [0.2, 0.25) is 0 Å². The molecule has 4 unspecified atom stereocenters. The molecule has 0 radical (unpaired) electrons. The molecule has 0 aliphatic rings. The highest BCUT2D eigenvalue weighted by molar-refractivity contribution is 5.96. The molecular weight excluding hydrogens is 528 g/mol. The predicted octanol–water partition coefficient (Wildman–Crippen LogP) is -2.90. The van der Waals surface area contributed by atoms with E-state index in [1.54, 1.807) is 18.3 Å². The fraction of sp³-hybridized carbons (Fsp3) is 0.417. The monoisotopic (exact) mass is 562 g/mol. The summed E-state index contributed by atoms with van der Waals surface area (Å²) in [6.45, 7) is -0.727. The van der Waals surface area contributed by atoms with Crippen molar-refractivity contribution in [1.82, 2.24) is 20.9 Å². The topological polar surface area (TPSA) is 288 Å². The van der Waals surface area contributed by atoms with Gasteiger partial charge in [-0.05, 0) is 24.5 Å². The number of carboxylic acids is 2. The van der Waals surface area contributed by atoms with Crippen LogP contribution in [0.3, 0.4) is 0 Å². The molecule has 3 amide bonds. The van der Waals surface area contributed by atoms with Crippen molar-refractivity contribution in [3.63, 3.8) is 0 Å². The Morgan fingerprint density at radius 1 is 0.925 bits per heavy atom. The summed E-state index contributed by atoms with van der Waals surface area (Å²) in [5.41, 5.74) is 17.9. The van der Waals surface area contributed by atoms with Gasteiger partial charge >= 0.3 is 11.9 Å². The van der Waals surface area contributed by atoms with E-state index in [2.05, 4.69) is 20.6 Å². The third-order valence-electron chi connectivity index (χ3n) is 5.85. The van der Waals surface area contributed by atoms with Gasteiger partial charge in [0.15, 0.2) is 5.96 Å². The molecule has 0 fully saturated rings. The van der Waals surface area contributed by atoms with Crippen molar-refractivity contribution < 1.29 is 39.3 Å². The number of aliphatic carboxylic acids is 2. The molecule has 0 saturated carbocycles. The summed E-state index contributed by atoms with van der Waals surface area (Å²) in [5.74, 6) is -5.88. The van der Waals surface area contributed by atoms with Crippen LogP contribution in [0.1, 0.15) is 24.8 Å². The lowest BCUT2D eigenvalue weighted by atomic mass is 10.0. The lowest BCUT2D eigenvalue weighted by molar-refractivity contribution is -0.144. The molecule has 2 rings (SSSR count). The lowest BCUT2D eigenvalue weighted by Gasteiger charge is -2.24. The van der Waals surface area contributed by atoms with Gasteiger partial charge in [-0.15, -0.1) is 0 Å². The van der Waals surface area contributed by atoms with E-state index in [-0.39, 0.29) is 25.3 Å². The van der Waals surface area contributed by atoms with Gasteiger partial charge in [0.25, 0.3) is 0 Å². The number of hydrogen-bond donors (Lipinski definition) is 10. The van der Waals surface area contributed by atoms with Crippen molar-refractivity contribution in [3.05, 3.63) is 36.0 Å². The van der Waals surface area contributed by atoms with Crippen molar-refractivity contribution in [3.8, 4) is 0 Å². The number of nitrogens with one attached hydrogen (secondary N) is 4. The number of para-hydroxylation sites is 1. The highest BCUT2D eigenvalue weighted by Crippen LogP contribution is 2.19. The van der Waals surface area contributed by atoms with E-state index in [4.69, 9.17) is 22.3 Å². The molecule has 0 bridgehead atoms. The van der Waals surface area contributed by atoms with Crippen LogP contribution < -0.4 is 33.2 Å². The van der Waals surface area contributed by atoms with E-state index >= 15 is 0 Å². The van der Waals surface area contributed by atoms with Gasteiger partial charge in [-0.1, -0.05) is 18.2 Å². The molecule has 1 aromatic carbocycles. The number of carbonyl (C=O) groups is 5. The molecule has 0 aliphatic heterocycles. The van der Waals surface area contributed by atoms with Crippen LogP contribution >= 0.6 is 0 Å². The Balaban J connectivity index is 2.26. The third kappa shape index (κ3) is 9.55. The molecule has 0 aliphatic carbocycles. The number of rotatable bonds is 16. The molecule has 40 heavy (non-hydrogen) atoms. The second-order valence-corrected chi connectivity index (χ2v) is 8.92. The van der Waals surface area contributed by atoms with E-state index in [1.807, 2.05) is 17.4 Å². The normalized spacial score (nSPS) is 13.8. The van der Waals surface area contributed by atoms with E-state index in [1.165, 1.54) is 0 Å². The summed E-state index contributed by atoms with van der Waals surface area (Å²) >= 11 is 0. The van der Waals surface area contributed by atoms with Gasteiger partial charge in [0.2, 0.25) is 17.7 Å². The Morgan fingerprint density at radius 2 is 1.55 bits per heavy atom. The van der Waals surface area contributed by atoms with Crippen LogP contribution in [0.15, 0.2) is 35.5 Å². The Kier molecular flexibility index (Phi) is 11.8. The highest BCUT2D eigenvalue weighted by atomic mass is 16.4. The maximum atomic E-state index is 13.3. The van der Waals surface area contributed by atoms with Crippen molar-refractivity contribution in [1.29, 1.82) is 0 Å². The summed E-state index contributed by atoms with van der Waals surface area (Å²) in [6, 6.07) is 1.43. The first-order valence-electron chi connectivity index (χ1n) is 12.3. The average Bonchev–Trinajstić information content (AvgIpc) is 3.30. The van der Waals surface area contributed by atoms with E-state index < -0.39 is 66.9 Å². The first-order chi connectivity index (χ1) is 18.9. The SMILES string of the molecule is NC(N)=NCCCC(N)C(=O)NC(Cc1c[nH]c2ccccc12)C(=O)NC(CC(=O)O)C(=O)NC(CO)C(=O)O. The summed E-state index contributed by atoms with van der Waals surface area (Å²) in [4.78, 5) is 68.2. The number of hydrogen-bond acceptors (Lipinski definition) is 8. The number of aromatic nitrogens is 1. The molecule has 2 aromatic rings. The number of aliphatic imine (C=N–C) groups is 1. The molecule has 218 valence electrons. The molecule has 1 aromatic heterocycles. The molecule has 0 saturated heterocycles. The summed E-state index contributed by atoms with van der Waals surface area (Å²) in [5, 5.41) is 35.1. The highest BCUT2D eigenvalue weighted by Gasteiger charge is 2.32. The van der Waals surface area contributed by atoms with Crippen molar-refractivity contribution in [2.24, 2.45) is 22.2 Å². The number of aliphatic hydroxyl groups is 1. The molecule has 0 spiro atoms. The number of nitrogens with two attached hydrogens (primary N) is 3. The number of nitrogens with zero attached hydrogens (tertiary/aromatic N) is 1. The van der Waals surface area contributed by atoms with Gasteiger partial charge in [0, 0.05) is 30.1 Å². The minimum absolute atomic E-state index is 0.0574. The molecule has 4 atom stereocenters. The number of benzene rings is 1. The molecule has 16 nitrogen and oxygen atoms in total. The number of amides is 3. The smallest absolute Gasteiger partial charge is 0.328 e. The fourth-order valence-corrected chi connectivity index (χ4v) is 3.77. The van der Waals surface area contributed by atoms with Gasteiger partial charge in [-0.3, -0.25) is 24.2 Å². The zero-order chi connectivity index (χ0) is 29.8. The van der Waals surface area contributed by atoms with Crippen molar-refractivity contribution in [2.45, 2.75) is 49.9 Å². The Labute approximate surface area is 228 Å². The second kappa shape index (κ2) is 15.0. The molecule has 16 heteroatoms. The zero-order valence-electron chi connectivity index (χ0n) is 21.5. The summed E-state index contributed by atoms with van der Waals surface area (Å²) < 4.78 is 0. The fourth-order valence-electron chi connectivity index (χ4n) is 3.77. The van der Waals surface area contributed by atoms with Crippen molar-refractivity contribution >= 4 is 46.5 Å². The van der Waals surface area contributed by atoms with E-state index in [0.29, 0.717) is 12.0 Å². The standard InChI is InChI=1S/C24H34N8O8/c25-14(5-3-7-28-24(26)27)20(36)30-16(8-12-10-29-15-6-2-1-4-13(12)15)21(37)31-17(9-19(34)35)22(38)32-18(11-33)23(39)40/h1-2,4,6,10,14,16-18,29,33H,3,5,7-9,11,25H2,(H,30,36)(H,31,37)(H,32,38)(H,34,35)(H,39,40)(H4,26,27,28). The average molecular weight is 563 g/mol. The quantitative estimate of drug-likeness (QED) is 0.0562. The number of aliphatic hydroxyl groups excluding tert-OH is 1.